The van der Waals surface area contributed by atoms with Gasteiger partial charge in [-0.3, -0.25) is 4.57 Å². The van der Waals surface area contributed by atoms with Crippen molar-refractivity contribution in [2.24, 2.45) is 0 Å². The lowest BCUT2D eigenvalue weighted by Gasteiger charge is -2.31. The third-order valence-electron chi connectivity index (χ3n) is 4.27. The highest BCUT2D eigenvalue weighted by atomic mass is 35.5. The smallest absolute Gasteiger partial charge is 0.231 e. The zero-order valence-corrected chi connectivity index (χ0v) is 14.9. The van der Waals surface area contributed by atoms with E-state index >= 15 is 0 Å². The van der Waals surface area contributed by atoms with Gasteiger partial charge in [-0.05, 0) is 29.8 Å². The maximum Gasteiger partial charge on any atom is 0.231 e. The summed E-state index contributed by atoms with van der Waals surface area (Å²) in [5.74, 6) is 1.44. The first-order valence-electron chi connectivity index (χ1n) is 7.70. The van der Waals surface area contributed by atoms with Crippen molar-refractivity contribution >= 4 is 29.2 Å². The molecule has 0 saturated heterocycles. The highest BCUT2D eigenvalue weighted by molar-refractivity contribution is 6.42. The third-order valence-corrected chi connectivity index (χ3v) is 5.11. The minimum atomic E-state index is -0.0337. The Balaban J connectivity index is 1.75. The summed E-state index contributed by atoms with van der Waals surface area (Å²) in [5.41, 5.74) is 2.88. The number of benzene rings is 2. The number of fused-ring (bicyclic) bond motifs is 3. The van der Waals surface area contributed by atoms with Gasteiger partial charge in [0.25, 0.3) is 0 Å². The SMILES string of the molecule is COc1ccc(CN2Cc3c(ccc(Cl)c3Cl)-n3cc(O)nc32)cc1. The maximum atomic E-state index is 9.89. The molecule has 1 aliphatic rings. The molecule has 0 fully saturated rings. The van der Waals surface area contributed by atoms with Crippen LogP contribution in [0.3, 0.4) is 0 Å². The van der Waals surface area contributed by atoms with Gasteiger partial charge in [-0.1, -0.05) is 35.3 Å². The minimum absolute atomic E-state index is 0.0337. The van der Waals surface area contributed by atoms with Crippen LogP contribution in [0.25, 0.3) is 5.69 Å². The Morgan fingerprint density at radius 3 is 2.64 bits per heavy atom. The number of anilines is 1. The molecule has 0 saturated carbocycles. The van der Waals surface area contributed by atoms with Crippen molar-refractivity contribution < 1.29 is 9.84 Å². The molecule has 0 atom stereocenters. The van der Waals surface area contributed by atoms with E-state index in [4.69, 9.17) is 27.9 Å². The summed E-state index contributed by atoms with van der Waals surface area (Å²) in [6, 6.07) is 11.5. The van der Waals surface area contributed by atoms with Gasteiger partial charge in [-0.2, -0.15) is 4.98 Å². The molecular formula is C18H15Cl2N3O2. The summed E-state index contributed by atoms with van der Waals surface area (Å²) in [4.78, 5) is 6.30. The molecule has 0 amide bonds. The Kier molecular flexibility index (Phi) is 3.98. The Morgan fingerprint density at radius 2 is 1.92 bits per heavy atom. The van der Waals surface area contributed by atoms with Gasteiger partial charge in [0, 0.05) is 18.7 Å². The van der Waals surface area contributed by atoms with Crippen molar-refractivity contribution in [1.29, 1.82) is 0 Å². The molecule has 0 radical (unpaired) electrons. The molecule has 0 spiro atoms. The van der Waals surface area contributed by atoms with E-state index in [9.17, 15) is 5.11 Å². The van der Waals surface area contributed by atoms with E-state index in [0.29, 0.717) is 29.1 Å². The van der Waals surface area contributed by atoms with E-state index in [0.717, 1.165) is 22.6 Å². The molecule has 1 aliphatic heterocycles. The van der Waals surface area contributed by atoms with Crippen LogP contribution in [0.2, 0.25) is 10.0 Å². The van der Waals surface area contributed by atoms with Crippen molar-refractivity contribution in [3.63, 3.8) is 0 Å². The maximum absolute atomic E-state index is 9.89. The zero-order chi connectivity index (χ0) is 17.6. The van der Waals surface area contributed by atoms with Crippen LogP contribution in [-0.2, 0) is 13.1 Å². The number of rotatable bonds is 3. The molecule has 1 N–H and O–H groups in total. The van der Waals surface area contributed by atoms with Gasteiger partial charge in [0.2, 0.25) is 11.8 Å². The monoisotopic (exact) mass is 375 g/mol. The number of hydrogen-bond donors (Lipinski definition) is 1. The number of imidazole rings is 1. The second kappa shape index (κ2) is 6.17. The van der Waals surface area contributed by atoms with E-state index in [1.54, 1.807) is 19.4 Å². The van der Waals surface area contributed by atoms with Crippen LogP contribution in [0.15, 0.2) is 42.6 Å². The molecule has 2 aromatic carbocycles. The van der Waals surface area contributed by atoms with E-state index in [1.165, 1.54) is 0 Å². The molecule has 0 unspecified atom stereocenters. The quantitative estimate of drug-likeness (QED) is 0.736. The predicted molar refractivity (Wildman–Crippen MR) is 98.1 cm³/mol. The number of ether oxygens (including phenoxy) is 1. The summed E-state index contributed by atoms with van der Waals surface area (Å²) in [7, 11) is 1.64. The van der Waals surface area contributed by atoms with Gasteiger partial charge >= 0.3 is 0 Å². The molecule has 128 valence electrons. The fourth-order valence-electron chi connectivity index (χ4n) is 3.06. The van der Waals surface area contributed by atoms with Crippen molar-refractivity contribution in [1.82, 2.24) is 9.55 Å². The van der Waals surface area contributed by atoms with Crippen molar-refractivity contribution in [2.75, 3.05) is 12.0 Å². The number of methoxy groups -OCH3 is 1. The Bertz CT molecular complexity index is 938. The first-order chi connectivity index (χ1) is 12.1. The second-order valence-corrected chi connectivity index (χ2v) is 6.62. The van der Waals surface area contributed by atoms with Gasteiger partial charge in [0.1, 0.15) is 5.75 Å². The fourth-order valence-corrected chi connectivity index (χ4v) is 3.45. The topological polar surface area (TPSA) is 50.5 Å². The fraction of sp³-hybridized carbons (Fsp3) is 0.167. The van der Waals surface area contributed by atoms with Gasteiger partial charge in [-0.15, -0.1) is 0 Å². The third kappa shape index (κ3) is 2.79. The summed E-state index contributed by atoms with van der Waals surface area (Å²) in [6.45, 7) is 1.17. The van der Waals surface area contributed by atoms with Crippen LogP contribution in [-0.4, -0.2) is 21.8 Å². The minimum Gasteiger partial charge on any atom is -0.497 e. The zero-order valence-electron chi connectivity index (χ0n) is 13.4. The van der Waals surface area contributed by atoms with Gasteiger partial charge in [-0.25, -0.2) is 0 Å². The summed E-state index contributed by atoms with van der Waals surface area (Å²) in [6.07, 6.45) is 1.58. The highest BCUT2D eigenvalue weighted by Crippen LogP contribution is 2.39. The summed E-state index contributed by atoms with van der Waals surface area (Å²) in [5, 5.41) is 10.9. The van der Waals surface area contributed by atoms with Crippen LogP contribution in [0.1, 0.15) is 11.1 Å². The van der Waals surface area contributed by atoms with E-state index in [1.807, 2.05) is 39.8 Å². The van der Waals surface area contributed by atoms with E-state index in [-0.39, 0.29) is 5.88 Å². The molecule has 3 aromatic rings. The predicted octanol–water partition coefficient (Wildman–Crippen LogP) is 4.41. The largest absolute Gasteiger partial charge is 0.497 e. The number of nitrogens with zero attached hydrogens (tertiary/aromatic N) is 3. The molecule has 25 heavy (non-hydrogen) atoms. The normalized spacial score (nSPS) is 12.7. The standard InChI is InChI=1S/C18H15Cl2N3O2/c1-25-12-4-2-11(3-5-12)8-22-9-13-15(7-6-14(19)17(13)20)23-10-16(24)21-18(22)23/h2-7,10,24H,8-9H2,1H3. The van der Waals surface area contributed by atoms with E-state index < -0.39 is 0 Å². The van der Waals surface area contributed by atoms with Crippen LogP contribution >= 0.6 is 23.2 Å². The first kappa shape index (κ1) is 16.1. The molecule has 1 aromatic heterocycles. The molecule has 0 bridgehead atoms. The Labute approximate surface area is 155 Å². The average molecular weight is 376 g/mol. The number of halogens is 2. The number of aromatic hydroxyl groups is 1. The van der Waals surface area contributed by atoms with Gasteiger partial charge in [0.15, 0.2) is 0 Å². The number of aromatic nitrogens is 2. The van der Waals surface area contributed by atoms with Crippen LogP contribution in [0.4, 0.5) is 5.95 Å². The molecule has 5 nitrogen and oxygen atoms in total. The van der Waals surface area contributed by atoms with Crippen molar-refractivity contribution in [3.8, 4) is 17.3 Å². The van der Waals surface area contributed by atoms with Crippen molar-refractivity contribution in [3.05, 3.63) is 63.8 Å². The summed E-state index contributed by atoms with van der Waals surface area (Å²) < 4.78 is 7.03. The van der Waals surface area contributed by atoms with Gasteiger partial charge in [0.05, 0.1) is 29.0 Å². The lowest BCUT2D eigenvalue weighted by Crippen LogP contribution is -2.29. The highest BCUT2D eigenvalue weighted by Gasteiger charge is 2.27. The van der Waals surface area contributed by atoms with E-state index in [2.05, 4.69) is 4.98 Å². The first-order valence-corrected chi connectivity index (χ1v) is 8.46. The molecular weight excluding hydrogens is 361 g/mol. The number of hydrogen-bond acceptors (Lipinski definition) is 4. The average Bonchev–Trinajstić information content (AvgIpc) is 3.01. The van der Waals surface area contributed by atoms with Crippen molar-refractivity contribution in [2.45, 2.75) is 13.1 Å². The van der Waals surface area contributed by atoms with Crippen LogP contribution in [0, 0.1) is 0 Å². The molecule has 7 heteroatoms. The molecule has 4 rings (SSSR count). The Morgan fingerprint density at radius 1 is 1.16 bits per heavy atom. The Hall–Kier alpha value is -2.37. The van der Waals surface area contributed by atoms with Gasteiger partial charge < -0.3 is 14.7 Å². The lowest BCUT2D eigenvalue weighted by atomic mass is 10.1. The van der Waals surface area contributed by atoms with Crippen LogP contribution in [0.5, 0.6) is 11.6 Å². The molecule has 0 aliphatic carbocycles. The second-order valence-electron chi connectivity index (χ2n) is 5.83. The van der Waals surface area contributed by atoms with Crippen LogP contribution < -0.4 is 9.64 Å². The lowest BCUT2D eigenvalue weighted by molar-refractivity contribution is 0.414. The summed E-state index contributed by atoms with van der Waals surface area (Å²) >= 11 is 12.6. The molecule has 2 heterocycles.